The Morgan fingerprint density at radius 1 is 1.57 bits per heavy atom. The van der Waals surface area contributed by atoms with Crippen LogP contribution in [0.25, 0.3) is 0 Å². The SMILES string of the molecule is O=C(O)C(CO)NC(=O)[C@@H]1CCCO1. The quantitative estimate of drug-likeness (QED) is 0.529. The van der Waals surface area contributed by atoms with E-state index in [9.17, 15) is 9.59 Å². The smallest absolute Gasteiger partial charge is 0.328 e. The standard InChI is InChI=1S/C8H13NO5/c10-4-5(8(12)13)9-7(11)6-2-1-3-14-6/h5-6,10H,1-4H2,(H,9,11)(H,12,13)/t5?,6-/m0/s1. The number of carbonyl (C=O) groups excluding carboxylic acids is 1. The highest BCUT2D eigenvalue weighted by Crippen LogP contribution is 2.11. The number of nitrogens with one attached hydrogen (secondary N) is 1. The van der Waals surface area contributed by atoms with Crippen LogP contribution in [-0.2, 0) is 14.3 Å². The molecule has 6 nitrogen and oxygen atoms in total. The Morgan fingerprint density at radius 3 is 2.71 bits per heavy atom. The zero-order valence-corrected chi connectivity index (χ0v) is 7.60. The molecule has 14 heavy (non-hydrogen) atoms. The summed E-state index contributed by atoms with van der Waals surface area (Å²) in [6.45, 7) is -0.0945. The van der Waals surface area contributed by atoms with Crippen molar-refractivity contribution in [2.24, 2.45) is 0 Å². The van der Waals surface area contributed by atoms with E-state index in [-0.39, 0.29) is 0 Å². The molecule has 0 spiro atoms. The number of amides is 1. The van der Waals surface area contributed by atoms with E-state index in [2.05, 4.69) is 5.32 Å². The van der Waals surface area contributed by atoms with E-state index in [4.69, 9.17) is 14.9 Å². The van der Waals surface area contributed by atoms with E-state index >= 15 is 0 Å². The summed E-state index contributed by atoms with van der Waals surface area (Å²) in [7, 11) is 0. The average Bonchev–Trinajstić information content (AvgIpc) is 2.65. The van der Waals surface area contributed by atoms with Crippen LogP contribution in [0.15, 0.2) is 0 Å². The number of hydrogen-bond acceptors (Lipinski definition) is 4. The maximum atomic E-state index is 11.3. The third kappa shape index (κ3) is 2.68. The summed E-state index contributed by atoms with van der Waals surface area (Å²) in [5.41, 5.74) is 0. The highest BCUT2D eigenvalue weighted by Gasteiger charge is 2.27. The number of ether oxygens (including phenoxy) is 1. The molecule has 1 aliphatic heterocycles. The number of rotatable bonds is 4. The lowest BCUT2D eigenvalue weighted by Crippen LogP contribution is -2.47. The molecular formula is C8H13NO5. The molecule has 0 radical (unpaired) electrons. The second kappa shape index (κ2) is 4.92. The van der Waals surface area contributed by atoms with Gasteiger partial charge >= 0.3 is 5.97 Å². The van der Waals surface area contributed by atoms with Crippen molar-refractivity contribution >= 4 is 11.9 Å². The minimum atomic E-state index is -1.25. The number of aliphatic hydroxyl groups is 1. The molecule has 80 valence electrons. The fraction of sp³-hybridized carbons (Fsp3) is 0.750. The van der Waals surface area contributed by atoms with Crippen molar-refractivity contribution in [2.75, 3.05) is 13.2 Å². The Bertz CT molecular complexity index is 224. The molecule has 0 aromatic heterocycles. The van der Waals surface area contributed by atoms with Gasteiger partial charge in [0.25, 0.3) is 0 Å². The second-order valence-corrected chi connectivity index (χ2v) is 3.08. The molecule has 1 rings (SSSR count). The van der Waals surface area contributed by atoms with Gasteiger partial charge in [0.15, 0.2) is 0 Å². The minimum Gasteiger partial charge on any atom is -0.480 e. The fourth-order valence-electron chi connectivity index (χ4n) is 1.23. The van der Waals surface area contributed by atoms with Gasteiger partial charge in [0.05, 0.1) is 6.61 Å². The first-order valence-corrected chi connectivity index (χ1v) is 4.40. The molecule has 0 aromatic carbocycles. The molecule has 6 heteroatoms. The largest absolute Gasteiger partial charge is 0.480 e. The lowest BCUT2D eigenvalue weighted by molar-refractivity contribution is -0.144. The number of aliphatic carboxylic acids is 1. The average molecular weight is 203 g/mol. The maximum Gasteiger partial charge on any atom is 0.328 e. The van der Waals surface area contributed by atoms with Gasteiger partial charge in [-0.25, -0.2) is 4.79 Å². The normalized spacial score (nSPS) is 23.1. The molecule has 1 aliphatic rings. The fourth-order valence-corrected chi connectivity index (χ4v) is 1.23. The number of carboxylic acid groups (broad SMARTS) is 1. The van der Waals surface area contributed by atoms with Gasteiger partial charge in [-0.1, -0.05) is 0 Å². The van der Waals surface area contributed by atoms with Crippen molar-refractivity contribution in [3.63, 3.8) is 0 Å². The molecule has 1 saturated heterocycles. The van der Waals surface area contributed by atoms with Crippen molar-refractivity contribution < 1.29 is 24.5 Å². The topological polar surface area (TPSA) is 95.9 Å². The summed E-state index contributed by atoms with van der Waals surface area (Å²) in [6.07, 6.45) is 0.835. The first-order chi connectivity index (χ1) is 6.65. The van der Waals surface area contributed by atoms with Gasteiger partial charge < -0.3 is 20.3 Å². The number of carbonyl (C=O) groups is 2. The van der Waals surface area contributed by atoms with Crippen LogP contribution in [0.3, 0.4) is 0 Å². The first-order valence-electron chi connectivity index (χ1n) is 4.40. The third-order valence-electron chi connectivity index (χ3n) is 2.02. The Hall–Kier alpha value is -1.14. The van der Waals surface area contributed by atoms with E-state index in [1.165, 1.54) is 0 Å². The van der Waals surface area contributed by atoms with Gasteiger partial charge in [-0.2, -0.15) is 0 Å². The Balaban J connectivity index is 2.41. The third-order valence-corrected chi connectivity index (χ3v) is 2.02. The van der Waals surface area contributed by atoms with Crippen molar-refractivity contribution in [1.29, 1.82) is 0 Å². The van der Waals surface area contributed by atoms with Crippen LogP contribution >= 0.6 is 0 Å². The molecular weight excluding hydrogens is 190 g/mol. The minimum absolute atomic E-state index is 0.469. The van der Waals surface area contributed by atoms with Crippen molar-refractivity contribution in [3.8, 4) is 0 Å². The van der Waals surface area contributed by atoms with Crippen LogP contribution in [0.5, 0.6) is 0 Å². The Morgan fingerprint density at radius 2 is 2.29 bits per heavy atom. The van der Waals surface area contributed by atoms with Crippen molar-refractivity contribution in [2.45, 2.75) is 25.0 Å². The van der Waals surface area contributed by atoms with Crippen molar-refractivity contribution in [1.82, 2.24) is 5.32 Å². The molecule has 1 amide bonds. The monoisotopic (exact) mass is 203 g/mol. The molecule has 2 atom stereocenters. The van der Waals surface area contributed by atoms with Gasteiger partial charge in [-0.3, -0.25) is 4.79 Å². The molecule has 3 N–H and O–H groups in total. The molecule has 0 saturated carbocycles. The summed E-state index contributed by atoms with van der Waals surface area (Å²) in [6, 6.07) is -1.24. The molecule has 0 bridgehead atoms. The number of hydrogen-bond donors (Lipinski definition) is 3. The molecule has 0 aromatic rings. The Kier molecular flexibility index (Phi) is 3.84. The van der Waals surface area contributed by atoms with Crippen molar-refractivity contribution in [3.05, 3.63) is 0 Å². The molecule has 1 unspecified atom stereocenters. The molecule has 1 heterocycles. The lowest BCUT2D eigenvalue weighted by Gasteiger charge is -2.14. The highest BCUT2D eigenvalue weighted by molar-refractivity contribution is 5.86. The van der Waals surface area contributed by atoms with Crippen LogP contribution in [0, 0.1) is 0 Å². The zero-order valence-electron chi connectivity index (χ0n) is 7.60. The van der Waals surface area contributed by atoms with E-state index in [0.717, 1.165) is 6.42 Å². The van der Waals surface area contributed by atoms with Crippen LogP contribution < -0.4 is 5.32 Å². The summed E-state index contributed by atoms with van der Waals surface area (Å²) in [5, 5.41) is 19.4. The summed E-state index contributed by atoms with van der Waals surface area (Å²) in [4.78, 5) is 21.8. The summed E-state index contributed by atoms with van der Waals surface area (Å²) < 4.78 is 5.05. The van der Waals surface area contributed by atoms with Crippen LogP contribution in [0.1, 0.15) is 12.8 Å². The van der Waals surface area contributed by atoms with E-state index in [0.29, 0.717) is 13.0 Å². The van der Waals surface area contributed by atoms with Crippen LogP contribution in [-0.4, -0.2) is 47.4 Å². The predicted octanol–water partition coefficient (Wildman–Crippen LogP) is -1.27. The first kappa shape index (κ1) is 10.9. The van der Waals surface area contributed by atoms with E-state index in [1.807, 2.05) is 0 Å². The Labute approximate surface area is 80.9 Å². The second-order valence-electron chi connectivity index (χ2n) is 3.08. The van der Waals surface area contributed by atoms with E-state index in [1.54, 1.807) is 0 Å². The molecule has 1 fully saturated rings. The van der Waals surface area contributed by atoms with E-state index < -0.39 is 30.6 Å². The van der Waals surface area contributed by atoms with Gasteiger partial charge in [0.2, 0.25) is 5.91 Å². The molecule has 0 aliphatic carbocycles. The van der Waals surface area contributed by atoms with Gasteiger partial charge in [-0.15, -0.1) is 0 Å². The van der Waals surface area contributed by atoms with Gasteiger partial charge in [-0.05, 0) is 12.8 Å². The zero-order chi connectivity index (χ0) is 10.6. The lowest BCUT2D eigenvalue weighted by atomic mass is 10.2. The number of aliphatic hydroxyl groups excluding tert-OH is 1. The highest BCUT2D eigenvalue weighted by atomic mass is 16.5. The number of carboxylic acids is 1. The predicted molar refractivity (Wildman–Crippen MR) is 45.6 cm³/mol. The van der Waals surface area contributed by atoms with Crippen LogP contribution in [0.2, 0.25) is 0 Å². The van der Waals surface area contributed by atoms with Crippen LogP contribution in [0.4, 0.5) is 0 Å². The van der Waals surface area contributed by atoms with Gasteiger partial charge in [0.1, 0.15) is 12.1 Å². The summed E-state index contributed by atoms with van der Waals surface area (Å²) >= 11 is 0. The summed E-state index contributed by atoms with van der Waals surface area (Å²) in [5.74, 6) is -1.72. The maximum absolute atomic E-state index is 11.3. The van der Waals surface area contributed by atoms with Gasteiger partial charge in [0, 0.05) is 6.61 Å².